The highest BCUT2D eigenvalue weighted by molar-refractivity contribution is 5.94. The Bertz CT molecular complexity index is 1320. The molecule has 4 rings (SSSR count). The molecule has 13 heteroatoms. The smallest absolute Gasteiger partial charge is 0.384 e. The van der Waals surface area contributed by atoms with Crippen LogP contribution in [0.4, 0.5) is 23.5 Å². The van der Waals surface area contributed by atoms with E-state index >= 15 is 4.39 Å². The lowest BCUT2D eigenvalue weighted by atomic mass is 9.86. The van der Waals surface area contributed by atoms with E-state index in [0.29, 0.717) is 6.20 Å². The highest BCUT2D eigenvalue weighted by Gasteiger charge is 2.41. The molecule has 4 heterocycles. The van der Waals surface area contributed by atoms with Crippen molar-refractivity contribution in [3.63, 3.8) is 0 Å². The largest absolute Gasteiger partial charge is 0.417 e. The molecule has 190 valence electrons. The Morgan fingerprint density at radius 2 is 1.97 bits per heavy atom. The number of anilines is 1. The fourth-order valence-electron chi connectivity index (χ4n) is 4.21. The van der Waals surface area contributed by atoms with Crippen molar-refractivity contribution in [1.82, 2.24) is 24.8 Å². The van der Waals surface area contributed by atoms with E-state index in [1.165, 1.54) is 24.2 Å². The molecule has 2 atom stereocenters. The van der Waals surface area contributed by atoms with Crippen LogP contribution in [0.5, 0.6) is 0 Å². The first-order valence-electron chi connectivity index (χ1n) is 11.2. The number of pyridine rings is 1. The summed E-state index contributed by atoms with van der Waals surface area (Å²) in [6, 6.07) is 2.06. The van der Waals surface area contributed by atoms with Gasteiger partial charge in [0.05, 0.1) is 29.1 Å². The van der Waals surface area contributed by atoms with Crippen molar-refractivity contribution in [2.24, 2.45) is 0 Å². The molecule has 3 N–H and O–H groups in total. The number of nitrogens with zero attached hydrogens (tertiary/aromatic N) is 5. The number of aromatic amines is 1. The molecule has 0 bridgehead atoms. The SMILES string of the molecule is CC(O)C(=O)N1CCC(F)(C(C)Nc2ncc(C#N)c(-c3c[nH]c4ncc(C(F)(F)F)cc34)n2)CC1. The van der Waals surface area contributed by atoms with E-state index < -0.39 is 35.5 Å². The molecule has 36 heavy (non-hydrogen) atoms. The number of carbonyl (C=O) groups excluding carboxylic acids is 1. The van der Waals surface area contributed by atoms with Gasteiger partial charge in [-0.25, -0.2) is 19.3 Å². The maximum Gasteiger partial charge on any atom is 0.417 e. The van der Waals surface area contributed by atoms with Crippen molar-refractivity contribution >= 4 is 22.9 Å². The molecule has 0 aliphatic carbocycles. The maximum atomic E-state index is 15.7. The lowest BCUT2D eigenvalue weighted by Gasteiger charge is -2.40. The van der Waals surface area contributed by atoms with Crippen molar-refractivity contribution in [3.8, 4) is 17.3 Å². The normalized spacial score (nSPS) is 17.4. The van der Waals surface area contributed by atoms with Gasteiger partial charge < -0.3 is 20.3 Å². The van der Waals surface area contributed by atoms with E-state index in [1.807, 2.05) is 6.07 Å². The second-order valence-corrected chi connectivity index (χ2v) is 8.79. The fourth-order valence-corrected chi connectivity index (χ4v) is 4.21. The first-order valence-corrected chi connectivity index (χ1v) is 11.2. The van der Waals surface area contributed by atoms with Crippen molar-refractivity contribution in [3.05, 3.63) is 35.8 Å². The van der Waals surface area contributed by atoms with Crippen LogP contribution >= 0.6 is 0 Å². The Labute approximate surface area is 203 Å². The van der Waals surface area contributed by atoms with Gasteiger partial charge in [0, 0.05) is 49.3 Å². The van der Waals surface area contributed by atoms with E-state index in [9.17, 15) is 28.3 Å². The quantitative estimate of drug-likeness (QED) is 0.453. The number of nitrogens with one attached hydrogen (secondary N) is 2. The molecule has 0 radical (unpaired) electrons. The molecule has 1 saturated heterocycles. The number of amides is 1. The van der Waals surface area contributed by atoms with E-state index in [0.717, 1.165) is 6.07 Å². The summed E-state index contributed by atoms with van der Waals surface area (Å²) in [5.41, 5.74) is -2.16. The van der Waals surface area contributed by atoms with E-state index in [2.05, 4.69) is 25.3 Å². The number of likely N-dealkylation sites (tertiary alicyclic amines) is 1. The number of carbonyl (C=O) groups is 1. The van der Waals surface area contributed by atoms with Crippen LogP contribution in [0.25, 0.3) is 22.3 Å². The third-order valence-electron chi connectivity index (χ3n) is 6.41. The number of aromatic nitrogens is 4. The molecule has 1 aliphatic heterocycles. The van der Waals surface area contributed by atoms with E-state index in [4.69, 9.17) is 0 Å². The molecule has 2 unspecified atom stereocenters. The zero-order valence-electron chi connectivity index (χ0n) is 19.4. The second kappa shape index (κ2) is 9.34. The number of rotatable bonds is 5. The van der Waals surface area contributed by atoms with Crippen molar-refractivity contribution in [2.75, 3.05) is 18.4 Å². The van der Waals surface area contributed by atoms with Crippen LogP contribution in [0.3, 0.4) is 0 Å². The minimum Gasteiger partial charge on any atom is -0.384 e. The van der Waals surface area contributed by atoms with Crippen molar-refractivity contribution in [1.29, 1.82) is 5.26 Å². The van der Waals surface area contributed by atoms with Crippen LogP contribution in [0, 0.1) is 11.3 Å². The van der Waals surface area contributed by atoms with Gasteiger partial charge in [-0.15, -0.1) is 0 Å². The molecule has 1 fully saturated rings. The van der Waals surface area contributed by atoms with Crippen molar-refractivity contribution in [2.45, 2.75) is 50.7 Å². The lowest BCUT2D eigenvalue weighted by Crippen LogP contribution is -2.53. The number of H-pyrrole nitrogens is 1. The first-order chi connectivity index (χ1) is 16.9. The molecule has 1 aliphatic rings. The van der Waals surface area contributed by atoms with Crippen LogP contribution in [-0.4, -0.2) is 66.8 Å². The average molecular weight is 505 g/mol. The third kappa shape index (κ3) is 4.81. The summed E-state index contributed by atoms with van der Waals surface area (Å²) in [7, 11) is 0. The summed E-state index contributed by atoms with van der Waals surface area (Å²) in [5, 5.41) is 22.0. The van der Waals surface area contributed by atoms with E-state index in [1.54, 1.807) is 6.92 Å². The summed E-state index contributed by atoms with van der Waals surface area (Å²) in [5.74, 6) is -0.468. The summed E-state index contributed by atoms with van der Waals surface area (Å²) >= 11 is 0. The van der Waals surface area contributed by atoms with E-state index in [-0.39, 0.29) is 59.7 Å². The van der Waals surface area contributed by atoms with Gasteiger partial charge in [0.2, 0.25) is 5.95 Å². The Hall–Kier alpha value is -3.79. The van der Waals surface area contributed by atoms with Crippen LogP contribution in [0.2, 0.25) is 0 Å². The molecule has 3 aromatic heterocycles. The van der Waals surface area contributed by atoms with Gasteiger partial charge in [0.25, 0.3) is 5.91 Å². The summed E-state index contributed by atoms with van der Waals surface area (Å²) < 4.78 is 55.3. The van der Waals surface area contributed by atoms with Crippen LogP contribution < -0.4 is 5.32 Å². The molecule has 0 aromatic carbocycles. The van der Waals surface area contributed by atoms with Gasteiger partial charge in [-0.2, -0.15) is 18.4 Å². The monoisotopic (exact) mass is 505 g/mol. The third-order valence-corrected chi connectivity index (χ3v) is 6.41. The molecule has 3 aromatic rings. The van der Waals surface area contributed by atoms with Crippen molar-refractivity contribution < 1.29 is 27.5 Å². The molecule has 0 saturated carbocycles. The minimum atomic E-state index is -4.60. The van der Waals surface area contributed by atoms with Crippen LogP contribution in [0.15, 0.2) is 24.7 Å². The Kier molecular flexibility index (Phi) is 6.57. The highest BCUT2D eigenvalue weighted by Crippen LogP contribution is 2.35. The van der Waals surface area contributed by atoms with Gasteiger partial charge in [-0.1, -0.05) is 0 Å². The van der Waals surface area contributed by atoms with Gasteiger partial charge >= 0.3 is 6.18 Å². The number of piperidine rings is 1. The number of hydrogen-bond donors (Lipinski definition) is 3. The number of fused-ring (bicyclic) bond motifs is 1. The van der Waals surface area contributed by atoms with Crippen LogP contribution in [-0.2, 0) is 11.0 Å². The minimum absolute atomic E-state index is 0.00898. The Morgan fingerprint density at radius 1 is 1.28 bits per heavy atom. The average Bonchev–Trinajstić information content (AvgIpc) is 3.26. The second-order valence-electron chi connectivity index (χ2n) is 8.79. The number of hydrogen-bond acceptors (Lipinski definition) is 7. The summed E-state index contributed by atoms with van der Waals surface area (Å²) in [6.07, 6.45) is -2.39. The highest BCUT2D eigenvalue weighted by atomic mass is 19.4. The van der Waals surface area contributed by atoms with Gasteiger partial charge in [-0.05, 0) is 19.9 Å². The fraction of sp³-hybridized carbons (Fsp3) is 0.435. The van der Waals surface area contributed by atoms with Gasteiger partial charge in [0.15, 0.2) is 0 Å². The van der Waals surface area contributed by atoms with Crippen LogP contribution in [0.1, 0.15) is 37.8 Å². The number of nitriles is 1. The molecule has 1 amide bonds. The lowest BCUT2D eigenvalue weighted by molar-refractivity contribution is -0.142. The molecular formula is C23H23F4N7O2. The Balaban J connectivity index is 1.60. The predicted octanol–water partition coefficient (Wildman–Crippen LogP) is 3.42. The Morgan fingerprint density at radius 3 is 2.58 bits per heavy atom. The standard InChI is InChI=1S/C23H23F4N7O2/c1-12(35)20(36)34-5-3-22(24,4-6-34)13(2)32-21-31-9-14(8-28)18(33-21)17-11-30-19-16(17)7-15(10-29-19)23(25,26)27/h7,9-13,35H,3-6H2,1-2H3,(H,29,30)(H,31,32,33). The van der Waals surface area contributed by atoms with Gasteiger partial charge in [-0.3, -0.25) is 4.79 Å². The number of aliphatic hydroxyl groups is 1. The predicted molar refractivity (Wildman–Crippen MR) is 121 cm³/mol. The zero-order valence-corrected chi connectivity index (χ0v) is 19.4. The first kappa shape index (κ1) is 25.3. The number of aliphatic hydroxyl groups excluding tert-OH is 1. The zero-order chi connectivity index (χ0) is 26.3. The molecule has 9 nitrogen and oxygen atoms in total. The number of alkyl halides is 4. The summed E-state index contributed by atoms with van der Waals surface area (Å²) in [6.45, 7) is 3.22. The summed E-state index contributed by atoms with van der Waals surface area (Å²) in [4.78, 5) is 28.4. The molecule has 0 spiro atoms. The molecular weight excluding hydrogens is 482 g/mol. The van der Waals surface area contributed by atoms with Gasteiger partial charge in [0.1, 0.15) is 23.5 Å². The topological polar surface area (TPSA) is 131 Å². The maximum absolute atomic E-state index is 15.7. The number of halogens is 4.